The van der Waals surface area contributed by atoms with Gasteiger partial charge in [-0.25, -0.2) is 4.98 Å². The second-order valence-electron chi connectivity index (χ2n) is 4.03. The minimum Gasteiger partial charge on any atom is -0.495 e. The summed E-state index contributed by atoms with van der Waals surface area (Å²) in [6.45, 7) is 0.666. The molecule has 3 rings (SSSR count). The van der Waals surface area contributed by atoms with Crippen molar-refractivity contribution in [3.8, 4) is 5.75 Å². The molecule has 0 spiro atoms. The standard InChI is InChI=1S/C13H12ClN3OS/c1-18-12-6-9(2-3-11(12)14)15-7-10-8-17-4-5-19-13(17)16-10/h2-6,8,15H,7H2,1H3. The van der Waals surface area contributed by atoms with Crippen molar-refractivity contribution in [3.63, 3.8) is 0 Å². The Morgan fingerprint density at radius 3 is 3.16 bits per heavy atom. The normalized spacial score (nSPS) is 10.8. The summed E-state index contributed by atoms with van der Waals surface area (Å²) >= 11 is 7.61. The number of thiazole rings is 1. The van der Waals surface area contributed by atoms with Crippen LogP contribution in [-0.4, -0.2) is 16.5 Å². The maximum atomic E-state index is 5.99. The fraction of sp³-hybridized carbons (Fsp3) is 0.154. The van der Waals surface area contributed by atoms with E-state index < -0.39 is 0 Å². The summed E-state index contributed by atoms with van der Waals surface area (Å²) in [7, 11) is 1.61. The highest BCUT2D eigenvalue weighted by molar-refractivity contribution is 7.15. The molecule has 1 aromatic carbocycles. The third-order valence-electron chi connectivity index (χ3n) is 2.77. The summed E-state index contributed by atoms with van der Waals surface area (Å²) in [5.74, 6) is 0.664. The number of anilines is 1. The lowest BCUT2D eigenvalue weighted by Crippen LogP contribution is -2.00. The Labute approximate surface area is 119 Å². The molecule has 0 saturated carbocycles. The first-order chi connectivity index (χ1) is 9.26. The molecule has 0 bridgehead atoms. The van der Waals surface area contributed by atoms with Gasteiger partial charge in [0.1, 0.15) is 5.75 Å². The Bertz CT molecular complexity index is 678. The van der Waals surface area contributed by atoms with Gasteiger partial charge in [0.2, 0.25) is 0 Å². The zero-order valence-electron chi connectivity index (χ0n) is 10.3. The maximum absolute atomic E-state index is 5.99. The molecule has 0 aliphatic rings. The van der Waals surface area contributed by atoms with Crippen LogP contribution in [0.2, 0.25) is 5.02 Å². The van der Waals surface area contributed by atoms with Gasteiger partial charge in [-0.1, -0.05) is 11.6 Å². The van der Waals surface area contributed by atoms with Crippen LogP contribution >= 0.6 is 22.9 Å². The van der Waals surface area contributed by atoms with Crippen LogP contribution in [0.3, 0.4) is 0 Å². The second-order valence-corrected chi connectivity index (χ2v) is 5.31. The summed E-state index contributed by atoms with van der Waals surface area (Å²) in [4.78, 5) is 5.51. The van der Waals surface area contributed by atoms with Crippen molar-refractivity contribution in [1.29, 1.82) is 0 Å². The largest absolute Gasteiger partial charge is 0.495 e. The van der Waals surface area contributed by atoms with E-state index in [9.17, 15) is 0 Å². The lowest BCUT2D eigenvalue weighted by Gasteiger charge is -2.08. The average Bonchev–Trinajstić information content (AvgIpc) is 2.98. The van der Waals surface area contributed by atoms with Crippen LogP contribution in [0.15, 0.2) is 36.0 Å². The third-order valence-corrected chi connectivity index (χ3v) is 3.85. The van der Waals surface area contributed by atoms with E-state index in [0.717, 1.165) is 16.3 Å². The minimum absolute atomic E-state index is 0.607. The van der Waals surface area contributed by atoms with Gasteiger partial charge in [0.05, 0.1) is 24.4 Å². The Morgan fingerprint density at radius 1 is 1.47 bits per heavy atom. The van der Waals surface area contributed by atoms with E-state index >= 15 is 0 Å². The molecule has 0 saturated heterocycles. The summed E-state index contributed by atoms with van der Waals surface area (Å²) in [6, 6.07) is 5.61. The predicted molar refractivity (Wildman–Crippen MR) is 78.4 cm³/mol. The average molecular weight is 294 g/mol. The number of fused-ring (bicyclic) bond motifs is 1. The lowest BCUT2D eigenvalue weighted by molar-refractivity contribution is 0.415. The van der Waals surface area contributed by atoms with E-state index in [4.69, 9.17) is 16.3 Å². The van der Waals surface area contributed by atoms with Crippen LogP contribution in [-0.2, 0) is 6.54 Å². The molecule has 3 aromatic rings. The van der Waals surface area contributed by atoms with Crippen LogP contribution in [0, 0.1) is 0 Å². The van der Waals surface area contributed by atoms with Crippen LogP contribution in [0.1, 0.15) is 5.69 Å². The number of ether oxygens (including phenoxy) is 1. The summed E-state index contributed by atoms with van der Waals surface area (Å²) in [6.07, 6.45) is 4.02. The highest BCUT2D eigenvalue weighted by Gasteiger charge is 2.04. The fourth-order valence-corrected chi connectivity index (χ4v) is 2.74. The van der Waals surface area contributed by atoms with Gasteiger partial charge in [0.15, 0.2) is 4.96 Å². The van der Waals surface area contributed by atoms with Gasteiger partial charge in [-0.15, -0.1) is 11.3 Å². The zero-order chi connectivity index (χ0) is 13.2. The first-order valence-corrected chi connectivity index (χ1v) is 7.00. The van der Waals surface area contributed by atoms with E-state index in [0.29, 0.717) is 17.3 Å². The number of aromatic nitrogens is 2. The molecule has 0 atom stereocenters. The van der Waals surface area contributed by atoms with E-state index in [-0.39, 0.29) is 0 Å². The van der Waals surface area contributed by atoms with Crippen molar-refractivity contribution in [2.24, 2.45) is 0 Å². The second kappa shape index (κ2) is 5.11. The molecule has 0 aliphatic heterocycles. The molecule has 0 unspecified atom stereocenters. The molecule has 0 fully saturated rings. The zero-order valence-corrected chi connectivity index (χ0v) is 11.8. The van der Waals surface area contributed by atoms with Gasteiger partial charge in [0.25, 0.3) is 0 Å². The molecule has 0 aliphatic carbocycles. The number of hydrogen-bond donors (Lipinski definition) is 1. The Kier molecular flexibility index (Phi) is 3.31. The number of benzene rings is 1. The van der Waals surface area contributed by atoms with Gasteiger partial charge in [-0.05, 0) is 12.1 Å². The van der Waals surface area contributed by atoms with Gasteiger partial charge < -0.3 is 10.1 Å². The molecular weight excluding hydrogens is 282 g/mol. The quantitative estimate of drug-likeness (QED) is 0.797. The van der Waals surface area contributed by atoms with Crippen molar-refractivity contribution >= 4 is 33.6 Å². The minimum atomic E-state index is 0.607. The smallest absolute Gasteiger partial charge is 0.193 e. The van der Waals surface area contributed by atoms with Crippen molar-refractivity contribution in [3.05, 3.63) is 46.7 Å². The summed E-state index contributed by atoms with van der Waals surface area (Å²) in [5, 5.41) is 5.93. The number of nitrogens with one attached hydrogen (secondary N) is 1. The van der Waals surface area contributed by atoms with Crippen LogP contribution in [0.25, 0.3) is 4.96 Å². The Morgan fingerprint density at radius 2 is 2.37 bits per heavy atom. The van der Waals surface area contributed by atoms with Crippen molar-refractivity contribution in [1.82, 2.24) is 9.38 Å². The molecule has 6 heteroatoms. The van der Waals surface area contributed by atoms with Gasteiger partial charge in [0, 0.05) is 29.5 Å². The van der Waals surface area contributed by atoms with Crippen molar-refractivity contribution < 1.29 is 4.74 Å². The van der Waals surface area contributed by atoms with E-state index in [2.05, 4.69) is 10.3 Å². The number of halogens is 1. The summed E-state index contributed by atoms with van der Waals surface area (Å²) in [5.41, 5.74) is 1.96. The van der Waals surface area contributed by atoms with Crippen LogP contribution < -0.4 is 10.1 Å². The van der Waals surface area contributed by atoms with E-state index in [1.54, 1.807) is 18.4 Å². The third kappa shape index (κ3) is 2.52. The van der Waals surface area contributed by atoms with Crippen molar-refractivity contribution in [2.75, 3.05) is 12.4 Å². The van der Waals surface area contributed by atoms with Gasteiger partial charge in [-0.3, -0.25) is 4.40 Å². The summed E-state index contributed by atoms with van der Waals surface area (Å²) < 4.78 is 7.20. The number of methoxy groups -OCH3 is 1. The SMILES string of the molecule is COc1cc(NCc2cn3ccsc3n2)ccc1Cl. The Hall–Kier alpha value is -1.72. The molecule has 2 aromatic heterocycles. The number of imidazole rings is 1. The van der Waals surface area contributed by atoms with Crippen molar-refractivity contribution in [2.45, 2.75) is 6.54 Å². The molecular formula is C13H12ClN3OS. The Balaban J connectivity index is 1.73. The number of hydrogen-bond acceptors (Lipinski definition) is 4. The highest BCUT2D eigenvalue weighted by Crippen LogP contribution is 2.27. The highest BCUT2D eigenvalue weighted by atomic mass is 35.5. The number of rotatable bonds is 4. The van der Waals surface area contributed by atoms with E-state index in [1.165, 1.54) is 0 Å². The van der Waals surface area contributed by atoms with Gasteiger partial charge >= 0.3 is 0 Å². The first-order valence-electron chi connectivity index (χ1n) is 5.75. The molecule has 0 amide bonds. The lowest BCUT2D eigenvalue weighted by atomic mass is 10.3. The molecule has 0 radical (unpaired) electrons. The maximum Gasteiger partial charge on any atom is 0.193 e. The predicted octanol–water partition coefficient (Wildman–Crippen LogP) is 3.67. The molecule has 4 nitrogen and oxygen atoms in total. The topological polar surface area (TPSA) is 38.6 Å². The molecule has 19 heavy (non-hydrogen) atoms. The first kappa shape index (κ1) is 12.3. The molecule has 2 heterocycles. The van der Waals surface area contributed by atoms with E-state index in [1.807, 2.05) is 40.4 Å². The monoisotopic (exact) mass is 293 g/mol. The van der Waals surface area contributed by atoms with Crippen LogP contribution in [0.4, 0.5) is 5.69 Å². The van der Waals surface area contributed by atoms with Crippen LogP contribution in [0.5, 0.6) is 5.75 Å². The number of nitrogens with zero attached hydrogens (tertiary/aromatic N) is 2. The van der Waals surface area contributed by atoms with Gasteiger partial charge in [-0.2, -0.15) is 0 Å². The molecule has 1 N–H and O–H groups in total. The molecule has 98 valence electrons. The fourth-order valence-electron chi connectivity index (χ4n) is 1.82.